The molecular weight excluding hydrogens is 246 g/mol. The Bertz CT molecular complexity index is 383. The lowest BCUT2D eigenvalue weighted by Crippen LogP contribution is -2.39. The number of ether oxygens (including phenoxy) is 1. The normalized spacial score (nSPS) is 25.3. The highest BCUT2D eigenvalue weighted by molar-refractivity contribution is 6.31. The molecule has 1 aliphatic heterocycles. The molecule has 1 heterocycles. The zero-order valence-electron chi connectivity index (χ0n) is 11.2. The maximum Gasteiger partial charge on any atom is 0.0616 e. The van der Waals surface area contributed by atoms with Gasteiger partial charge in [-0.25, -0.2) is 0 Å². The first-order valence-corrected chi connectivity index (χ1v) is 7.16. The summed E-state index contributed by atoms with van der Waals surface area (Å²) in [6, 6.07) is 8.55. The molecule has 0 amide bonds. The summed E-state index contributed by atoms with van der Waals surface area (Å²) in [5.41, 5.74) is 1.22. The molecule has 1 fully saturated rings. The van der Waals surface area contributed by atoms with Crippen molar-refractivity contribution in [3.8, 4) is 0 Å². The average Bonchev–Trinajstić information content (AvgIpc) is 2.86. The number of rotatable bonds is 5. The molecule has 3 atom stereocenters. The molecule has 2 rings (SSSR count). The van der Waals surface area contributed by atoms with Gasteiger partial charge < -0.3 is 10.1 Å². The van der Waals surface area contributed by atoms with Crippen LogP contribution in [0, 0.1) is 5.92 Å². The molecule has 0 bridgehead atoms. The van der Waals surface area contributed by atoms with E-state index in [1.807, 2.05) is 19.2 Å². The Morgan fingerprint density at radius 2 is 2.22 bits per heavy atom. The molecule has 0 radical (unpaired) electrons. The molecule has 1 N–H and O–H groups in total. The van der Waals surface area contributed by atoms with Gasteiger partial charge in [0, 0.05) is 23.6 Å². The van der Waals surface area contributed by atoms with Gasteiger partial charge in [0.25, 0.3) is 0 Å². The first-order valence-electron chi connectivity index (χ1n) is 6.78. The molecule has 0 aliphatic carbocycles. The summed E-state index contributed by atoms with van der Waals surface area (Å²) in [6.45, 7) is 3.09. The first kappa shape index (κ1) is 13.9. The van der Waals surface area contributed by atoms with Gasteiger partial charge in [-0.3, -0.25) is 0 Å². The number of nitrogens with one attached hydrogen (secondary N) is 1. The lowest BCUT2D eigenvalue weighted by Gasteiger charge is -2.27. The number of likely N-dealkylation sites (N-methyl/N-ethyl adjacent to an activating group) is 1. The van der Waals surface area contributed by atoms with Crippen LogP contribution < -0.4 is 5.32 Å². The van der Waals surface area contributed by atoms with Crippen LogP contribution in [0.5, 0.6) is 0 Å². The van der Waals surface area contributed by atoms with E-state index >= 15 is 0 Å². The van der Waals surface area contributed by atoms with Crippen LogP contribution in [0.25, 0.3) is 0 Å². The monoisotopic (exact) mass is 267 g/mol. The summed E-state index contributed by atoms with van der Waals surface area (Å²) in [5.74, 6) is 0.594. The minimum absolute atomic E-state index is 0.393. The lowest BCUT2D eigenvalue weighted by molar-refractivity contribution is 0.0783. The second-order valence-electron chi connectivity index (χ2n) is 4.96. The lowest BCUT2D eigenvalue weighted by atomic mass is 9.87. The van der Waals surface area contributed by atoms with Crippen molar-refractivity contribution in [1.82, 2.24) is 5.32 Å². The van der Waals surface area contributed by atoms with E-state index in [1.165, 1.54) is 5.56 Å². The number of hydrogen-bond acceptors (Lipinski definition) is 2. The van der Waals surface area contributed by atoms with Crippen molar-refractivity contribution < 1.29 is 4.74 Å². The van der Waals surface area contributed by atoms with Crippen LogP contribution in [0.3, 0.4) is 0 Å². The molecule has 18 heavy (non-hydrogen) atoms. The van der Waals surface area contributed by atoms with Crippen molar-refractivity contribution in [3.05, 3.63) is 34.9 Å². The van der Waals surface area contributed by atoms with Crippen LogP contribution in [-0.4, -0.2) is 25.8 Å². The van der Waals surface area contributed by atoms with E-state index in [9.17, 15) is 0 Å². The number of benzene rings is 1. The fourth-order valence-corrected chi connectivity index (χ4v) is 3.13. The molecule has 1 aromatic carbocycles. The standard InChI is InChI=1S/C15H22ClNO/c1-3-15-12(8-9-18-15)14(17-2)10-11-6-4-5-7-13(11)16/h4-7,12,14-15,17H,3,8-10H2,1-2H3. The van der Waals surface area contributed by atoms with Gasteiger partial charge in [0.05, 0.1) is 6.10 Å². The number of hydrogen-bond donors (Lipinski definition) is 1. The third-order valence-corrected chi connectivity index (χ3v) is 4.32. The van der Waals surface area contributed by atoms with Crippen LogP contribution >= 0.6 is 11.6 Å². The fraction of sp³-hybridized carbons (Fsp3) is 0.600. The SMILES string of the molecule is CCC1OCCC1C(Cc1ccccc1Cl)NC. The van der Waals surface area contributed by atoms with Crippen molar-refractivity contribution in [2.24, 2.45) is 5.92 Å². The highest BCUT2D eigenvalue weighted by Crippen LogP contribution is 2.29. The Morgan fingerprint density at radius 3 is 2.89 bits per heavy atom. The molecule has 0 aromatic heterocycles. The Kier molecular flexibility index (Phi) is 5.04. The summed E-state index contributed by atoms with van der Waals surface area (Å²) in [4.78, 5) is 0. The van der Waals surface area contributed by atoms with Crippen molar-refractivity contribution in [3.63, 3.8) is 0 Å². The number of halogens is 1. The fourth-order valence-electron chi connectivity index (χ4n) is 2.91. The summed E-state index contributed by atoms with van der Waals surface area (Å²) in [6.07, 6.45) is 3.60. The summed E-state index contributed by atoms with van der Waals surface area (Å²) < 4.78 is 5.79. The minimum Gasteiger partial charge on any atom is -0.378 e. The Labute approximate surface area is 115 Å². The molecule has 1 saturated heterocycles. The predicted octanol–water partition coefficient (Wildman–Crippen LogP) is 3.29. The van der Waals surface area contributed by atoms with E-state index in [0.717, 1.165) is 30.9 Å². The maximum absolute atomic E-state index is 6.24. The molecule has 1 aromatic rings. The topological polar surface area (TPSA) is 21.3 Å². The first-order chi connectivity index (χ1) is 8.76. The van der Waals surface area contributed by atoms with Gasteiger partial charge in [0.15, 0.2) is 0 Å². The van der Waals surface area contributed by atoms with Crippen molar-refractivity contribution >= 4 is 11.6 Å². The van der Waals surface area contributed by atoms with E-state index in [-0.39, 0.29) is 0 Å². The quantitative estimate of drug-likeness (QED) is 0.884. The van der Waals surface area contributed by atoms with E-state index in [1.54, 1.807) is 0 Å². The van der Waals surface area contributed by atoms with Gasteiger partial charge in [0.1, 0.15) is 0 Å². The predicted molar refractivity (Wildman–Crippen MR) is 76.1 cm³/mol. The second kappa shape index (κ2) is 6.55. The highest BCUT2D eigenvalue weighted by Gasteiger charge is 2.32. The molecular formula is C15H22ClNO. The second-order valence-corrected chi connectivity index (χ2v) is 5.37. The molecule has 0 spiro atoms. The Hall–Kier alpha value is -0.570. The van der Waals surface area contributed by atoms with Gasteiger partial charge in [-0.1, -0.05) is 36.7 Å². The van der Waals surface area contributed by atoms with Crippen molar-refractivity contribution in [2.75, 3.05) is 13.7 Å². The van der Waals surface area contributed by atoms with Crippen LogP contribution in [-0.2, 0) is 11.2 Å². The molecule has 2 nitrogen and oxygen atoms in total. The Balaban J connectivity index is 2.07. The molecule has 100 valence electrons. The average molecular weight is 268 g/mol. The minimum atomic E-state index is 0.393. The van der Waals surface area contributed by atoms with Gasteiger partial charge in [-0.15, -0.1) is 0 Å². The van der Waals surface area contributed by atoms with E-state index in [2.05, 4.69) is 24.4 Å². The third kappa shape index (κ3) is 3.05. The third-order valence-electron chi connectivity index (χ3n) is 3.95. The van der Waals surface area contributed by atoms with Gasteiger partial charge in [-0.05, 0) is 37.9 Å². The van der Waals surface area contributed by atoms with Crippen LogP contribution in [0.1, 0.15) is 25.3 Å². The highest BCUT2D eigenvalue weighted by atomic mass is 35.5. The van der Waals surface area contributed by atoms with Crippen molar-refractivity contribution in [2.45, 2.75) is 38.3 Å². The molecule has 3 heteroatoms. The maximum atomic E-state index is 6.24. The zero-order chi connectivity index (χ0) is 13.0. The van der Waals surface area contributed by atoms with E-state index in [4.69, 9.17) is 16.3 Å². The van der Waals surface area contributed by atoms with Gasteiger partial charge >= 0.3 is 0 Å². The molecule has 3 unspecified atom stereocenters. The van der Waals surface area contributed by atoms with E-state index < -0.39 is 0 Å². The largest absolute Gasteiger partial charge is 0.378 e. The van der Waals surface area contributed by atoms with Crippen molar-refractivity contribution in [1.29, 1.82) is 0 Å². The molecule has 0 saturated carbocycles. The molecule has 1 aliphatic rings. The smallest absolute Gasteiger partial charge is 0.0616 e. The summed E-state index contributed by atoms with van der Waals surface area (Å²) in [5, 5.41) is 4.31. The zero-order valence-corrected chi connectivity index (χ0v) is 11.9. The van der Waals surface area contributed by atoms with Gasteiger partial charge in [0.2, 0.25) is 0 Å². The summed E-state index contributed by atoms with van der Waals surface area (Å²) >= 11 is 6.24. The van der Waals surface area contributed by atoms with Gasteiger partial charge in [-0.2, -0.15) is 0 Å². The summed E-state index contributed by atoms with van der Waals surface area (Å²) in [7, 11) is 2.03. The van der Waals surface area contributed by atoms with Crippen LogP contribution in [0.4, 0.5) is 0 Å². The van der Waals surface area contributed by atoms with E-state index in [0.29, 0.717) is 18.1 Å². The van der Waals surface area contributed by atoms with Crippen LogP contribution in [0.15, 0.2) is 24.3 Å². The Morgan fingerprint density at radius 1 is 1.44 bits per heavy atom. The van der Waals surface area contributed by atoms with Crippen LogP contribution in [0.2, 0.25) is 5.02 Å².